The van der Waals surface area contributed by atoms with Gasteiger partial charge in [0.2, 0.25) is 0 Å². The van der Waals surface area contributed by atoms with Gasteiger partial charge in [0.05, 0.1) is 0 Å². The quantitative estimate of drug-likeness (QED) is 0.728. The Morgan fingerprint density at radius 1 is 1.31 bits per heavy atom. The van der Waals surface area contributed by atoms with E-state index in [2.05, 4.69) is 39.4 Å². The van der Waals surface area contributed by atoms with E-state index < -0.39 is 0 Å². The highest BCUT2D eigenvalue weighted by atomic mass is 79.9. The molecule has 1 heterocycles. The van der Waals surface area contributed by atoms with E-state index in [1.54, 1.807) is 0 Å². The second-order valence-corrected chi connectivity index (χ2v) is 3.65. The first-order valence-electron chi connectivity index (χ1n) is 4.89. The molecule has 0 saturated heterocycles. The molecule has 1 aromatic carbocycles. The van der Waals surface area contributed by atoms with Gasteiger partial charge in [0.15, 0.2) is 0 Å². The van der Waals surface area contributed by atoms with Crippen molar-refractivity contribution in [2.24, 2.45) is 0 Å². The third kappa shape index (κ3) is 2.47. The van der Waals surface area contributed by atoms with E-state index in [4.69, 9.17) is 0 Å². The maximum absolute atomic E-state index is 3.54. The predicted octanol–water partition coefficient (Wildman–Crippen LogP) is 3.83. The predicted molar refractivity (Wildman–Crippen MR) is 62.3 cm³/mol. The molecule has 1 aliphatic rings. The summed E-state index contributed by atoms with van der Waals surface area (Å²) < 4.78 is 1.24. The highest BCUT2D eigenvalue weighted by Gasteiger charge is 2.09. The van der Waals surface area contributed by atoms with Gasteiger partial charge in [-0.1, -0.05) is 35.8 Å². The first-order chi connectivity index (χ1) is 6.38. The number of rotatable bonds is 0. The second-order valence-electron chi connectivity index (χ2n) is 2.80. The number of halogens is 1. The Labute approximate surface area is 88.7 Å². The van der Waals surface area contributed by atoms with Crippen LogP contribution in [0.25, 0.3) is 0 Å². The van der Waals surface area contributed by atoms with Crippen LogP contribution in [0, 0.1) is 0 Å². The van der Waals surface area contributed by atoms with Crippen LogP contribution in [0.2, 0.25) is 0 Å². The molecule has 0 atom stereocenters. The van der Waals surface area contributed by atoms with E-state index in [-0.39, 0.29) is 0 Å². The van der Waals surface area contributed by atoms with Crippen molar-refractivity contribution in [1.29, 1.82) is 0 Å². The Morgan fingerprint density at radius 3 is 2.77 bits per heavy atom. The molecule has 72 valence electrons. The zero-order valence-corrected chi connectivity index (χ0v) is 9.82. The van der Waals surface area contributed by atoms with Crippen LogP contribution >= 0.6 is 15.9 Å². The molecule has 0 saturated carbocycles. The van der Waals surface area contributed by atoms with E-state index in [1.165, 1.54) is 28.6 Å². The molecule has 1 N–H and O–H groups in total. The zero-order chi connectivity index (χ0) is 9.68. The molecule has 0 amide bonds. The van der Waals surface area contributed by atoms with Gasteiger partial charge < -0.3 is 5.32 Å². The Hall–Kier alpha value is -0.500. The van der Waals surface area contributed by atoms with Crippen LogP contribution in [0.15, 0.2) is 22.7 Å². The Kier molecular flexibility index (Phi) is 4.29. The Balaban J connectivity index is 0.000000396. The smallest absolute Gasteiger partial charge is 0.0384 e. The van der Waals surface area contributed by atoms with Crippen molar-refractivity contribution in [1.82, 2.24) is 0 Å². The van der Waals surface area contributed by atoms with Crippen LogP contribution in [0.4, 0.5) is 5.69 Å². The SMILES string of the molecule is Brc1cccc2c1CCCN2.CC. The first-order valence-corrected chi connectivity index (χ1v) is 5.68. The fourth-order valence-corrected chi connectivity index (χ4v) is 2.03. The van der Waals surface area contributed by atoms with Gasteiger partial charge in [0.25, 0.3) is 0 Å². The number of nitrogens with one attached hydrogen (secondary N) is 1. The van der Waals surface area contributed by atoms with Gasteiger partial charge in [0.1, 0.15) is 0 Å². The molecule has 0 radical (unpaired) electrons. The second kappa shape index (κ2) is 5.28. The maximum atomic E-state index is 3.54. The van der Waals surface area contributed by atoms with Crippen LogP contribution in [0.1, 0.15) is 25.8 Å². The molecule has 1 aliphatic heterocycles. The first kappa shape index (κ1) is 10.6. The number of anilines is 1. The van der Waals surface area contributed by atoms with Gasteiger partial charge in [-0.2, -0.15) is 0 Å². The van der Waals surface area contributed by atoms with Crippen molar-refractivity contribution in [3.05, 3.63) is 28.2 Å². The zero-order valence-electron chi connectivity index (χ0n) is 8.23. The lowest BCUT2D eigenvalue weighted by Gasteiger charge is -2.18. The summed E-state index contributed by atoms with van der Waals surface area (Å²) in [6.07, 6.45) is 2.44. The number of benzene rings is 1. The molecule has 0 aromatic heterocycles. The number of hydrogen-bond donors (Lipinski definition) is 1. The summed E-state index contributed by atoms with van der Waals surface area (Å²) in [4.78, 5) is 0. The van der Waals surface area contributed by atoms with Crippen molar-refractivity contribution >= 4 is 21.6 Å². The van der Waals surface area contributed by atoms with Crippen molar-refractivity contribution in [2.45, 2.75) is 26.7 Å². The summed E-state index contributed by atoms with van der Waals surface area (Å²) >= 11 is 3.54. The highest BCUT2D eigenvalue weighted by Crippen LogP contribution is 2.28. The summed E-state index contributed by atoms with van der Waals surface area (Å²) in [5.74, 6) is 0. The van der Waals surface area contributed by atoms with E-state index in [0.29, 0.717) is 0 Å². The lowest BCUT2D eigenvalue weighted by molar-refractivity contribution is 0.826. The molecule has 0 bridgehead atoms. The minimum atomic E-state index is 1.11. The molecule has 1 aromatic rings. The van der Waals surface area contributed by atoms with Crippen molar-refractivity contribution in [2.75, 3.05) is 11.9 Å². The Bertz CT molecular complexity index is 271. The van der Waals surface area contributed by atoms with Crippen molar-refractivity contribution in [3.8, 4) is 0 Å². The van der Waals surface area contributed by atoms with Crippen molar-refractivity contribution in [3.63, 3.8) is 0 Å². The molecular weight excluding hydrogens is 226 g/mol. The molecule has 2 rings (SSSR count). The Morgan fingerprint density at radius 2 is 2.08 bits per heavy atom. The highest BCUT2D eigenvalue weighted by molar-refractivity contribution is 9.10. The van der Waals surface area contributed by atoms with Gasteiger partial charge in [0, 0.05) is 16.7 Å². The van der Waals surface area contributed by atoms with E-state index in [9.17, 15) is 0 Å². The summed E-state index contributed by atoms with van der Waals surface area (Å²) in [6, 6.07) is 6.31. The lowest BCUT2D eigenvalue weighted by Crippen LogP contribution is -2.11. The van der Waals surface area contributed by atoms with Crippen LogP contribution < -0.4 is 5.32 Å². The minimum Gasteiger partial charge on any atom is -0.385 e. The minimum absolute atomic E-state index is 1.11. The number of fused-ring (bicyclic) bond motifs is 1. The molecule has 0 spiro atoms. The molecular formula is C11H16BrN. The van der Waals surface area contributed by atoms with E-state index in [0.717, 1.165) is 6.54 Å². The largest absolute Gasteiger partial charge is 0.385 e. The molecule has 0 aliphatic carbocycles. The normalized spacial score (nSPS) is 13.5. The topological polar surface area (TPSA) is 12.0 Å². The molecule has 0 fully saturated rings. The van der Waals surface area contributed by atoms with Crippen molar-refractivity contribution < 1.29 is 0 Å². The summed E-state index contributed by atoms with van der Waals surface area (Å²) in [5, 5.41) is 3.37. The maximum Gasteiger partial charge on any atom is 0.0384 e. The molecule has 2 heteroatoms. The van der Waals surface area contributed by atoms with Gasteiger partial charge in [-0.25, -0.2) is 0 Å². The standard InChI is InChI=1S/C9H10BrN.C2H6/c10-8-4-1-5-9-7(8)3-2-6-11-9;1-2/h1,4-5,11H,2-3,6H2;1-2H3. The van der Waals surface area contributed by atoms with Crippen LogP contribution in [0.5, 0.6) is 0 Å². The fourth-order valence-electron chi connectivity index (χ4n) is 1.47. The molecule has 13 heavy (non-hydrogen) atoms. The van der Waals surface area contributed by atoms with Gasteiger partial charge >= 0.3 is 0 Å². The third-order valence-corrected chi connectivity index (χ3v) is 2.78. The lowest BCUT2D eigenvalue weighted by atomic mass is 10.0. The van der Waals surface area contributed by atoms with Gasteiger partial charge in [-0.05, 0) is 30.5 Å². The summed E-state index contributed by atoms with van der Waals surface area (Å²) in [7, 11) is 0. The number of hydrogen-bond acceptors (Lipinski definition) is 1. The average Bonchev–Trinajstić information content (AvgIpc) is 2.22. The van der Waals surface area contributed by atoms with E-state index in [1.807, 2.05) is 13.8 Å². The van der Waals surface area contributed by atoms with Gasteiger partial charge in [-0.15, -0.1) is 0 Å². The van der Waals surface area contributed by atoms with Crippen LogP contribution in [-0.2, 0) is 6.42 Å². The van der Waals surface area contributed by atoms with Crippen LogP contribution in [0.3, 0.4) is 0 Å². The van der Waals surface area contributed by atoms with E-state index >= 15 is 0 Å². The molecule has 0 unspecified atom stereocenters. The van der Waals surface area contributed by atoms with Crippen LogP contribution in [-0.4, -0.2) is 6.54 Å². The monoisotopic (exact) mass is 241 g/mol. The average molecular weight is 242 g/mol. The summed E-state index contributed by atoms with van der Waals surface area (Å²) in [6.45, 7) is 5.11. The fraction of sp³-hybridized carbons (Fsp3) is 0.455. The van der Waals surface area contributed by atoms with Gasteiger partial charge in [-0.3, -0.25) is 0 Å². The summed E-state index contributed by atoms with van der Waals surface area (Å²) in [5.41, 5.74) is 2.73. The molecule has 1 nitrogen and oxygen atoms in total. The third-order valence-electron chi connectivity index (χ3n) is 2.04.